The molecular formula is C13H24BrNO. The second-order valence-electron chi connectivity index (χ2n) is 5.19. The summed E-state index contributed by atoms with van der Waals surface area (Å²) >= 11 is 3.46. The Bertz CT molecular complexity index is 224. The van der Waals surface area contributed by atoms with Crippen molar-refractivity contribution in [3.63, 3.8) is 0 Å². The molecule has 1 aliphatic carbocycles. The first-order valence-corrected chi connectivity index (χ1v) is 7.56. The first kappa shape index (κ1) is 14.0. The van der Waals surface area contributed by atoms with E-state index < -0.39 is 0 Å². The smallest absolute Gasteiger partial charge is 0.225 e. The standard InChI is InChI=1S/C13H24BrNO/c1-10(2)11(3)13(16)15(9-8-14)12-6-4-5-7-12/h10-12H,4-9H2,1-3H3. The highest BCUT2D eigenvalue weighted by molar-refractivity contribution is 9.09. The molecule has 2 nitrogen and oxygen atoms in total. The van der Waals surface area contributed by atoms with Crippen LogP contribution in [0.3, 0.4) is 0 Å². The van der Waals surface area contributed by atoms with Crippen LogP contribution in [0.4, 0.5) is 0 Å². The third-order valence-electron chi connectivity index (χ3n) is 3.76. The lowest BCUT2D eigenvalue weighted by Gasteiger charge is -2.32. The molecular weight excluding hydrogens is 266 g/mol. The average molecular weight is 290 g/mol. The van der Waals surface area contributed by atoms with Crippen LogP contribution in [-0.2, 0) is 4.79 Å². The number of carbonyl (C=O) groups is 1. The van der Waals surface area contributed by atoms with Crippen LogP contribution in [0.25, 0.3) is 0 Å². The van der Waals surface area contributed by atoms with Crippen LogP contribution in [0, 0.1) is 11.8 Å². The summed E-state index contributed by atoms with van der Waals surface area (Å²) < 4.78 is 0. The average Bonchev–Trinajstić information content (AvgIpc) is 2.76. The fraction of sp³-hybridized carbons (Fsp3) is 0.923. The van der Waals surface area contributed by atoms with Crippen LogP contribution >= 0.6 is 15.9 Å². The van der Waals surface area contributed by atoms with Crippen molar-refractivity contribution in [2.45, 2.75) is 52.5 Å². The number of halogens is 1. The van der Waals surface area contributed by atoms with E-state index in [4.69, 9.17) is 0 Å². The van der Waals surface area contributed by atoms with Crippen LogP contribution in [0.15, 0.2) is 0 Å². The number of hydrogen-bond acceptors (Lipinski definition) is 1. The number of rotatable bonds is 5. The zero-order chi connectivity index (χ0) is 12.1. The second kappa shape index (κ2) is 6.63. The highest BCUT2D eigenvalue weighted by atomic mass is 79.9. The van der Waals surface area contributed by atoms with Gasteiger partial charge in [-0.2, -0.15) is 0 Å². The maximum Gasteiger partial charge on any atom is 0.225 e. The third-order valence-corrected chi connectivity index (χ3v) is 4.12. The number of nitrogens with zero attached hydrogens (tertiary/aromatic N) is 1. The number of hydrogen-bond donors (Lipinski definition) is 0. The molecule has 0 spiro atoms. The van der Waals surface area contributed by atoms with Gasteiger partial charge < -0.3 is 4.90 Å². The molecule has 0 bridgehead atoms. The summed E-state index contributed by atoms with van der Waals surface area (Å²) in [7, 11) is 0. The fourth-order valence-corrected chi connectivity index (χ4v) is 2.71. The van der Waals surface area contributed by atoms with E-state index in [-0.39, 0.29) is 5.92 Å². The summed E-state index contributed by atoms with van der Waals surface area (Å²) in [6, 6.07) is 0.506. The zero-order valence-corrected chi connectivity index (χ0v) is 12.3. The van der Waals surface area contributed by atoms with Crippen molar-refractivity contribution in [1.29, 1.82) is 0 Å². The summed E-state index contributed by atoms with van der Waals surface area (Å²) in [6.07, 6.45) is 4.96. The third kappa shape index (κ3) is 3.47. The minimum atomic E-state index is 0.152. The molecule has 1 amide bonds. The number of carbonyl (C=O) groups excluding carboxylic acids is 1. The minimum Gasteiger partial charge on any atom is -0.339 e. The van der Waals surface area contributed by atoms with Crippen molar-refractivity contribution in [3.05, 3.63) is 0 Å². The molecule has 0 aromatic heterocycles. The minimum absolute atomic E-state index is 0.152. The second-order valence-corrected chi connectivity index (χ2v) is 5.98. The molecule has 1 aliphatic rings. The summed E-state index contributed by atoms with van der Waals surface area (Å²) in [6.45, 7) is 7.18. The molecule has 1 fully saturated rings. The van der Waals surface area contributed by atoms with Crippen LogP contribution < -0.4 is 0 Å². The van der Waals surface area contributed by atoms with E-state index >= 15 is 0 Å². The topological polar surface area (TPSA) is 20.3 Å². The Labute approximate surface area is 108 Å². The quantitative estimate of drug-likeness (QED) is 0.710. The van der Waals surface area contributed by atoms with E-state index in [9.17, 15) is 4.79 Å². The normalized spacial score (nSPS) is 19.1. The highest BCUT2D eigenvalue weighted by Gasteiger charge is 2.29. The zero-order valence-electron chi connectivity index (χ0n) is 10.7. The van der Waals surface area contributed by atoms with Gasteiger partial charge in [-0.15, -0.1) is 0 Å². The molecule has 0 aromatic rings. The van der Waals surface area contributed by atoms with Crippen molar-refractivity contribution >= 4 is 21.8 Å². The van der Waals surface area contributed by atoms with Crippen molar-refractivity contribution in [2.24, 2.45) is 11.8 Å². The van der Waals surface area contributed by atoms with Crippen molar-refractivity contribution in [1.82, 2.24) is 4.90 Å². The van der Waals surface area contributed by atoms with Crippen molar-refractivity contribution in [3.8, 4) is 0 Å². The van der Waals surface area contributed by atoms with Gasteiger partial charge in [0.1, 0.15) is 0 Å². The Morgan fingerprint density at radius 1 is 1.31 bits per heavy atom. The largest absolute Gasteiger partial charge is 0.339 e. The highest BCUT2D eigenvalue weighted by Crippen LogP contribution is 2.26. The van der Waals surface area contributed by atoms with E-state index in [0.717, 1.165) is 11.9 Å². The van der Waals surface area contributed by atoms with Gasteiger partial charge in [0.15, 0.2) is 0 Å². The van der Waals surface area contributed by atoms with Gasteiger partial charge in [0, 0.05) is 23.8 Å². The Morgan fingerprint density at radius 3 is 2.31 bits per heavy atom. The predicted octanol–water partition coefficient (Wildman–Crippen LogP) is 3.44. The van der Waals surface area contributed by atoms with Gasteiger partial charge >= 0.3 is 0 Å². The molecule has 1 atom stereocenters. The van der Waals surface area contributed by atoms with Gasteiger partial charge in [0.2, 0.25) is 5.91 Å². The summed E-state index contributed by atoms with van der Waals surface area (Å²) in [5, 5.41) is 0.889. The van der Waals surface area contributed by atoms with Gasteiger partial charge in [-0.05, 0) is 18.8 Å². The Kier molecular flexibility index (Phi) is 5.81. The van der Waals surface area contributed by atoms with Crippen molar-refractivity contribution < 1.29 is 4.79 Å². The molecule has 16 heavy (non-hydrogen) atoms. The van der Waals surface area contributed by atoms with Gasteiger partial charge in [-0.1, -0.05) is 49.5 Å². The maximum absolute atomic E-state index is 12.4. The lowest BCUT2D eigenvalue weighted by Crippen LogP contribution is -2.44. The summed E-state index contributed by atoms with van der Waals surface area (Å²) in [5.74, 6) is 0.938. The predicted molar refractivity (Wildman–Crippen MR) is 71.8 cm³/mol. The van der Waals surface area contributed by atoms with Crippen LogP contribution in [0.2, 0.25) is 0 Å². The maximum atomic E-state index is 12.4. The molecule has 0 radical (unpaired) electrons. The van der Waals surface area contributed by atoms with E-state index in [1.807, 2.05) is 0 Å². The molecule has 0 heterocycles. The molecule has 1 rings (SSSR count). The molecule has 1 unspecified atom stereocenters. The van der Waals surface area contributed by atoms with Crippen LogP contribution in [0.5, 0.6) is 0 Å². The van der Waals surface area contributed by atoms with Crippen molar-refractivity contribution in [2.75, 3.05) is 11.9 Å². The lowest BCUT2D eigenvalue weighted by atomic mass is 9.96. The molecule has 3 heteroatoms. The molecule has 94 valence electrons. The first-order chi connectivity index (χ1) is 7.57. The van der Waals surface area contributed by atoms with Crippen LogP contribution in [0.1, 0.15) is 46.5 Å². The van der Waals surface area contributed by atoms with E-state index in [1.165, 1.54) is 25.7 Å². The summed E-state index contributed by atoms with van der Waals surface area (Å²) in [5.41, 5.74) is 0. The van der Waals surface area contributed by atoms with Crippen LogP contribution in [-0.4, -0.2) is 28.7 Å². The Balaban J connectivity index is 2.64. The number of alkyl halides is 1. The molecule has 0 N–H and O–H groups in total. The van der Waals surface area contributed by atoms with Gasteiger partial charge in [-0.3, -0.25) is 4.79 Å². The monoisotopic (exact) mass is 289 g/mol. The van der Waals surface area contributed by atoms with E-state index in [0.29, 0.717) is 17.9 Å². The molecule has 0 saturated heterocycles. The Hall–Kier alpha value is -0.0500. The number of amides is 1. The SMILES string of the molecule is CC(C)C(C)C(=O)N(CCBr)C1CCCC1. The fourth-order valence-electron chi connectivity index (χ4n) is 2.33. The van der Waals surface area contributed by atoms with Gasteiger partial charge in [0.05, 0.1) is 0 Å². The lowest BCUT2D eigenvalue weighted by molar-refractivity contribution is -0.138. The van der Waals surface area contributed by atoms with E-state index in [1.54, 1.807) is 0 Å². The van der Waals surface area contributed by atoms with E-state index in [2.05, 4.69) is 41.6 Å². The summed E-state index contributed by atoms with van der Waals surface area (Å²) in [4.78, 5) is 14.5. The molecule has 1 saturated carbocycles. The van der Waals surface area contributed by atoms with Gasteiger partial charge in [0.25, 0.3) is 0 Å². The first-order valence-electron chi connectivity index (χ1n) is 6.44. The van der Waals surface area contributed by atoms with Gasteiger partial charge in [-0.25, -0.2) is 0 Å². The Morgan fingerprint density at radius 2 is 1.88 bits per heavy atom. The molecule has 0 aliphatic heterocycles. The molecule has 0 aromatic carbocycles.